The normalized spacial score (nSPS) is 17.7. The second-order valence-electron chi connectivity index (χ2n) is 6.12. The number of urea groups is 1. The van der Waals surface area contributed by atoms with Gasteiger partial charge in [0.15, 0.2) is 0 Å². The number of likely N-dealkylation sites (tertiary alicyclic amines) is 1. The molecule has 0 aromatic carbocycles. The molecule has 2 amide bonds. The van der Waals surface area contributed by atoms with Crippen LogP contribution in [0.15, 0.2) is 24.1 Å². The van der Waals surface area contributed by atoms with Crippen LogP contribution in [0.1, 0.15) is 41.4 Å². The van der Waals surface area contributed by atoms with E-state index in [2.05, 4.69) is 20.3 Å². The third kappa shape index (κ3) is 4.29. The number of nitrogens with zero attached hydrogens (tertiary/aromatic N) is 4. The molecule has 1 fully saturated rings. The van der Waals surface area contributed by atoms with E-state index < -0.39 is 0 Å². The highest BCUT2D eigenvalue weighted by Crippen LogP contribution is 2.25. The van der Waals surface area contributed by atoms with Gasteiger partial charge in [-0.15, -0.1) is 11.3 Å². The first-order valence-corrected chi connectivity index (χ1v) is 9.29. The zero-order valence-corrected chi connectivity index (χ0v) is 14.8. The standard InChI is InChI=1S/C17H23N5OS/c1-13-16(24-12-21-13)5-2-7-19-17(23)22-9-3-4-14(10-22)15-6-8-18-11-20-15/h6,8,11-12,14H,2-5,7,9-10H2,1H3,(H,19,23)/t14-/m1/s1. The first kappa shape index (κ1) is 16.8. The fourth-order valence-electron chi connectivity index (χ4n) is 3.07. The summed E-state index contributed by atoms with van der Waals surface area (Å²) in [6, 6.07) is 1.98. The summed E-state index contributed by atoms with van der Waals surface area (Å²) in [7, 11) is 0. The smallest absolute Gasteiger partial charge is 0.317 e. The zero-order chi connectivity index (χ0) is 16.8. The van der Waals surface area contributed by atoms with Gasteiger partial charge in [-0.05, 0) is 38.7 Å². The number of amides is 2. The molecule has 0 unspecified atom stereocenters. The quantitative estimate of drug-likeness (QED) is 0.846. The Hall–Kier alpha value is -2.02. The van der Waals surface area contributed by atoms with E-state index in [0.717, 1.165) is 50.2 Å². The van der Waals surface area contributed by atoms with Crippen molar-refractivity contribution in [1.82, 2.24) is 25.2 Å². The minimum Gasteiger partial charge on any atom is -0.338 e. The molecule has 6 nitrogen and oxygen atoms in total. The third-order valence-electron chi connectivity index (χ3n) is 4.43. The Kier molecular flexibility index (Phi) is 5.74. The summed E-state index contributed by atoms with van der Waals surface area (Å²) >= 11 is 1.69. The SMILES string of the molecule is Cc1ncsc1CCCNC(=O)N1CCC[C@@H](c2ccncn2)C1. The van der Waals surface area contributed by atoms with E-state index in [1.54, 1.807) is 23.9 Å². The van der Waals surface area contributed by atoms with Crippen LogP contribution in [0.2, 0.25) is 0 Å². The summed E-state index contributed by atoms with van der Waals surface area (Å²) < 4.78 is 0. The molecule has 0 saturated carbocycles. The van der Waals surface area contributed by atoms with E-state index in [4.69, 9.17) is 0 Å². The summed E-state index contributed by atoms with van der Waals surface area (Å²) in [6.07, 6.45) is 7.35. The number of thiazole rings is 1. The highest BCUT2D eigenvalue weighted by molar-refractivity contribution is 7.09. The number of rotatable bonds is 5. The average molecular weight is 345 g/mol. The lowest BCUT2D eigenvalue weighted by Gasteiger charge is -2.32. The summed E-state index contributed by atoms with van der Waals surface area (Å²) in [6.45, 7) is 4.29. The van der Waals surface area contributed by atoms with Crippen molar-refractivity contribution in [2.75, 3.05) is 19.6 Å². The second-order valence-corrected chi connectivity index (χ2v) is 7.06. The Labute approximate surface area is 146 Å². The van der Waals surface area contributed by atoms with Crippen molar-refractivity contribution in [2.45, 2.75) is 38.5 Å². The van der Waals surface area contributed by atoms with E-state index >= 15 is 0 Å². The average Bonchev–Trinajstić information content (AvgIpc) is 3.04. The minimum atomic E-state index is 0.0368. The number of nitrogens with one attached hydrogen (secondary N) is 1. The Balaban J connectivity index is 1.44. The van der Waals surface area contributed by atoms with Gasteiger partial charge in [-0.25, -0.2) is 19.7 Å². The van der Waals surface area contributed by atoms with Crippen molar-refractivity contribution in [2.24, 2.45) is 0 Å². The van der Waals surface area contributed by atoms with Crippen molar-refractivity contribution < 1.29 is 4.79 Å². The van der Waals surface area contributed by atoms with Crippen LogP contribution >= 0.6 is 11.3 Å². The van der Waals surface area contributed by atoms with Gasteiger partial charge in [-0.3, -0.25) is 0 Å². The molecule has 0 aliphatic carbocycles. The summed E-state index contributed by atoms with van der Waals surface area (Å²) in [5.41, 5.74) is 4.02. The highest BCUT2D eigenvalue weighted by Gasteiger charge is 2.25. The van der Waals surface area contributed by atoms with Crippen LogP contribution < -0.4 is 5.32 Å². The number of carbonyl (C=O) groups is 1. The molecule has 128 valence electrons. The van der Waals surface area contributed by atoms with E-state index in [0.29, 0.717) is 12.5 Å². The van der Waals surface area contributed by atoms with Gasteiger partial charge >= 0.3 is 6.03 Å². The van der Waals surface area contributed by atoms with Crippen LogP contribution in [0.3, 0.4) is 0 Å². The maximum absolute atomic E-state index is 12.4. The Morgan fingerprint density at radius 1 is 1.46 bits per heavy atom. The van der Waals surface area contributed by atoms with Gasteiger partial charge < -0.3 is 10.2 Å². The van der Waals surface area contributed by atoms with Crippen LogP contribution in [0, 0.1) is 6.92 Å². The molecule has 1 aliphatic rings. The molecular formula is C17H23N5OS. The van der Waals surface area contributed by atoms with Gasteiger partial charge in [0.2, 0.25) is 0 Å². The van der Waals surface area contributed by atoms with Gasteiger partial charge in [0.05, 0.1) is 11.2 Å². The van der Waals surface area contributed by atoms with Crippen molar-refractivity contribution in [1.29, 1.82) is 0 Å². The molecule has 1 N–H and O–H groups in total. The number of carbonyl (C=O) groups excluding carboxylic acids is 1. The van der Waals surface area contributed by atoms with E-state index in [9.17, 15) is 4.79 Å². The predicted octanol–water partition coefficient (Wildman–Crippen LogP) is 2.76. The summed E-state index contributed by atoms with van der Waals surface area (Å²) in [5.74, 6) is 0.312. The van der Waals surface area contributed by atoms with Crippen molar-refractivity contribution in [3.8, 4) is 0 Å². The monoisotopic (exact) mass is 345 g/mol. The molecule has 1 atom stereocenters. The van der Waals surface area contributed by atoms with Crippen molar-refractivity contribution >= 4 is 17.4 Å². The van der Waals surface area contributed by atoms with Crippen LogP contribution in [-0.4, -0.2) is 45.5 Å². The molecule has 0 radical (unpaired) electrons. The topological polar surface area (TPSA) is 71.0 Å². The lowest BCUT2D eigenvalue weighted by atomic mass is 9.95. The van der Waals surface area contributed by atoms with Gasteiger partial charge in [0.25, 0.3) is 0 Å². The van der Waals surface area contributed by atoms with E-state index in [1.165, 1.54) is 4.88 Å². The molecule has 24 heavy (non-hydrogen) atoms. The fraction of sp³-hybridized carbons (Fsp3) is 0.529. The van der Waals surface area contributed by atoms with Gasteiger partial charge in [0.1, 0.15) is 6.33 Å². The van der Waals surface area contributed by atoms with Crippen LogP contribution in [-0.2, 0) is 6.42 Å². The van der Waals surface area contributed by atoms with Gasteiger partial charge in [0, 0.05) is 42.3 Å². The second kappa shape index (κ2) is 8.19. The molecule has 2 aromatic heterocycles. The van der Waals surface area contributed by atoms with Crippen LogP contribution in [0.25, 0.3) is 0 Å². The number of aryl methyl sites for hydroxylation is 2. The first-order valence-electron chi connectivity index (χ1n) is 8.41. The molecule has 3 heterocycles. The van der Waals surface area contributed by atoms with Gasteiger partial charge in [-0.1, -0.05) is 0 Å². The molecule has 0 bridgehead atoms. The lowest BCUT2D eigenvalue weighted by molar-refractivity contribution is 0.179. The predicted molar refractivity (Wildman–Crippen MR) is 94.2 cm³/mol. The summed E-state index contributed by atoms with van der Waals surface area (Å²) in [4.78, 5) is 28.1. The summed E-state index contributed by atoms with van der Waals surface area (Å²) in [5, 5.41) is 3.04. The van der Waals surface area contributed by atoms with E-state index in [-0.39, 0.29) is 6.03 Å². The lowest BCUT2D eigenvalue weighted by Crippen LogP contribution is -2.45. The number of hydrogen-bond donors (Lipinski definition) is 1. The molecule has 0 spiro atoms. The van der Waals surface area contributed by atoms with Crippen molar-refractivity contribution in [3.05, 3.63) is 40.4 Å². The Morgan fingerprint density at radius 2 is 2.38 bits per heavy atom. The van der Waals surface area contributed by atoms with Crippen molar-refractivity contribution in [3.63, 3.8) is 0 Å². The van der Waals surface area contributed by atoms with Crippen LogP contribution in [0.5, 0.6) is 0 Å². The maximum Gasteiger partial charge on any atom is 0.317 e. The van der Waals surface area contributed by atoms with Crippen LogP contribution in [0.4, 0.5) is 4.79 Å². The molecule has 1 saturated heterocycles. The van der Waals surface area contributed by atoms with E-state index in [1.807, 2.05) is 23.4 Å². The fourth-order valence-corrected chi connectivity index (χ4v) is 3.89. The minimum absolute atomic E-state index is 0.0368. The Bertz CT molecular complexity index is 660. The molecular weight excluding hydrogens is 322 g/mol. The number of aromatic nitrogens is 3. The maximum atomic E-state index is 12.4. The zero-order valence-electron chi connectivity index (χ0n) is 13.9. The first-order chi connectivity index (χ1) is 11.7. The largest absolute Gasteiger partial charge is 0.338 e. The molecule has 1 aliphatic heterocycles. The van der Waals surface area contributed by atoms with Gasteiger partial charge in [-0.2, -0.15) is 0 Å². The molecule has 2 aromatic rings. The number of piperidine rings is 1. The number of hydrogen-bond acceptors (Lipinski definition) is 5. The third-order valence-corrected chi connectivity index (χ3v) is 5.43. The highest BCUT2D eigenvalue weighted by atomic mass is 32.1. The molecule has 7 heteroatoms. The Morgan fingerprint density at radius 3 is 3.12 bits per heavy atom. The molecule has 3 rings (SSSR count).